The second-order valence-electron chi connectivity index (χ2n) is 5.03. The van der Waals surface area contributed by atoms with E-state index in [1.54, 1.807) is 6.20 Å². The van der Waals surface area contributed by atoms with E-state index in [1.807, 2.05) is 6.07 Å². The minimum Gasteiger partial charge on any atom is -0.356 e. The van der Waals surface area contributed by atoms with Crippen molar-refractivity contribution in [3.63, 3.8) is 0 Å². The highest BCUT2D eigenvalue weighted by molar-refractivity contribution is 9.10. The van der Waals surface area contributed by atoms with E-state index < -0.39 is 0 Å². The zero-order valence-electron chi connectivity index (χ0n) is 10.8. The Hall–Kier alpha value is -0.280. The maximum Gasteiger partial charge on any atom is 0.142 e. The summed E-state index contributed by atoms with van der Waals surface area (Å²) in [7, 11) is 0. The molecule has 4 heteroatoms. The maximum absolute atomic E-state index is 5.94. The Kier molecular flexibility index (Phi) is 5.31. The fourth-order valence-corrected chi connectivity index (χ4v) is 3.60. The third-order valence-electron chi connectivity index (χ3n) is 3.63. The fraction of sp³-hybridized carbons (Fsp3) is 0.643. The number of aromatic nitrogens is 1. The first-order valence-corrected chi connectivity index (χ1v) is 7.93. The van der Waals surface area contributed by atoms with Gasteiger partial charge in [-0.3, -0.25) is 0 Å². The van der Waals surface area contributed by atoms with Gasteiger partial charge in [0.05, 0.1) is 9.50 Å². The molecule has 0 spiro atoms. The average Bonchev–Trinajstić information content (AvgIpc) is 2.55. The van der Waals surface area contributed by atoms with Crippen molar-refractivity contribution < 1.29 is 0 Å². The van der Waals surface area contributed by atoms with Gasteiger partial charge in [0.1, 0.15) is 5.82 Å². The van der Waals surface area contributed by atoms with Crippen molar-refractivity contribution in [1.82, 2.24) is 4.98 Å². The van der Waals surface area contributed by atoms with Gasteiger partial charge in [0.15, 0.2) is 0 Å². The van der Waals surface area contributed by atoms with Crippen molar-refractivity contribution in [3.05, 3.63) is 21.8 Å². The van der Waals surface area contributed by atoms with Crippen LogP contribution in [-0.4, -0.2) is 18.1 Å². The summed E-state index contributed by atoms with van der Waals surface area (Å²) in [6.07, 6.45) is 8.30. The minimum absolute atomic E-state index is 0.685. The lowest BCUT2D eigenvalue weighted by Crippen LogP contribution is -2.25. The number of hydrogen-bond donors (Lipinski definition) is 0. The van der Waals surface area contributed by atoms with E-state index in [1.165, 1.54) is 32.1 Å². The van der Waals surface area contributed by atoms with Crippen LogP contribution in [0.3, 0.4) is 0 Å². The zero-order chi connectivity index (χ0) is 13.0. The topological polar surface area (TPSA) is 16.1 Å². The number of halogens is 2. The van der Waals surface area contributed by atoms with E-state index in [0.717, 1.165) is 29.3 Å². The SMILES string of the molecule is CCCC1CCCN(c2ncc(Cl)cc2Br)CC1. The van der Waals surface area contributed by atoms with Gasteiger partial charge in [0.2, 0.25) is 0 Å². The molecule has 0 aliphatic carbocycles. The summed E-state index contributed by atoms with van der Waals surface area (Å²) in [6, 6.07) is 1.93. The quantitative estimate of drug-likeness (QED) is 0.783. The lowest BCUT2D eigenvalue weighted by molar-refractivity contribution is 0.435. The maximum atomic E-state index is 5.94. The Morgan fingerprint density at radius 3 is 3.00 bits per heavy atom. The van der Waals surface area contributed by atoms with Crippen molar-refractivity contribution in [2.24, 2.45) is 5.92 Å². The molecule has 1 aromatic heterocycles. The number of rotatable bonds is 3. The summed E-state index contributed by atoms with van der Waals surface area (Å²) in [4.78, 5) is 6.85. The van der Waals surface area contributed by atoms with Gasteiger partial charge in [0, 0.05) is 19.3 Å². The Labute approximate surface area is 123 Å². The molecule has 2 rings (SSSR count). The van der Waals surface area contributed by atoms with Crippen LogP contribution in [-0.2, 0) is 0 Å². The number of anilines is 1. The zero-order valence-corrected chi connectivity index (χ0v) is 13.2. The van der Waals surface area contributed by atoms with Crippen molar-refractivity contribution in [2.75, 3.05) is 18.0 Å². The van der Waals surface area contributed by atoms with Gasteiger partial charge in [-0.25, -0.2) is 4.98 Å². The van der Waals surface area contributed by atoms with E-state index in [-0.39, 0.29) is 0 Å². The summed E-state index contributed by atoms with van der Waals surface area (Å²) >= 11 is 9.51. The smallest absolute Gasteiger partial charge is 0.142 e. The Morgan fingerprint density at radius 1 is 1.44 bits per heavy atom. The van der Waals surface area contributed by atoms with Gasteiger partial charge >= 0.3 is 0 Å². The summed E-state index contributed by atoms with van der Waals surface area (Å²) in [5.41, 5.74) is 0. The lowest BCUT2D eigenvalue weighted by atomic mass is 9.96. The Bertz CT molecular complexity index is 397. The molecule has 1 aliphatic heterocycles. The van der Waals surface area contributed by atoms with Crippen LogP contribution in [0.1, 0.15) is 39.0 Å². The van der Waals surface area contributed by atoms with Gasteiger partial charge in [-0.15, -0.1) is 0 Å². The van der Waals surface area contributed by atoms with Crippen LogP contribution in [0.5, 0.6) is 0 Å². The van der Waals surface area contributed by atoms with Crippen LogP contribution in [0.4, 0.5) is 5.82 Å². The van der Waals surface area contributed by atoms with Crippen LogP contribution in [0, 0.1) is 5.92 Å². The molecule has 0 radical (unpaired) electrons. The van der Waals surface area contributed by atoms with Gasteiger partial charge in [0.25, 0.3) is 0 Å². The molecule has 0 N–H and O–H groups in total. The molecule has 0 aromatic carbocycles. The second kappa shape index (κ2) is 6.76. The molecule has 2 heterocycles. The number of hydrogen-bond acceptors (Lipinski definition) is 2. The molecule has 0 bridgehead atoms. The monoisotopic (exact) mass is 330 g/mol. The predicted molar refractivity (Wildman–Crippen MR) is 81.4 cm³/mol. The molecule has 2 nitrogen and oxygen atoms in total. The van der Waals surface area contributed by atoms with Crippen molar-refractivity contribution >= 4 is 33.3 Å². The highest BCUT2D eigenvalue weighted by Crippen LogP contribution is 2.30. The van der Waals surface area contributed by atoms with E-state index in [4.69, 9.17) is 11.6 Å². The highest BCUT2D eigenvalue weighted by Gasteiger charge is 2.19. The third kappa shape index (κ3) is 3.61. The van der Waals surface area contributed by atoms with E-state index in [2.05, 4.69) is 32.7 Å². The summed E-state index contributed by atoms with van der Waals surface area (Å²) in [5, 5.41) is 0.685. The average molecular weight is 332 g/mol. The van der Waals surface area contributed by atoms with E-state index in [9.17, 15) is 0 Å². The molecular weight excluding hydrogens is 312 g/mol. The lowest BCUT2D eigenvalue weighted by Gasteiger charge is -2.22. The summed E-state index contributed by atoms with van der Waals surface area (Å²) in [5.74, 6) is 1.93. The van der Waals surface area contributed by atoms with Crippen molar-refractivity contribution in [3.8, 4) is 0 Å². The van der Waals surface area contributed by atoms with Gasteiger partial charge in [-0.1, -0.05) is 31.4 Å². The molecule has 100 valence electrons. The highest BCUT2D eigenvalue weighted by atomic mass is 79.9. The van der Waals surface area contributed by atoms with Crippen LogP contribution < -0.4 is 4.90 Å². The molecule has 1 aliphatic rings. The molecule has 0 amide bonds. The van der Waals surface area contributed by atoms with Crippen LogP contribution >= 0.6 is 27.5 Å². The fourth-order valence-electron chi connectivity index (χ4n) is 2.71. The van der Waals surface area contributed by atoms with Gasteiger partial charge < -0.3 is 4.90 Å². The van der Waals surface area contributed by atoms with Gasteiger partial charge in [-0.2, -0.15) is 0 Å². The molecule has 18 heavy (non-hydrogen) atoms. The molecule has 1 atom stereocenters. The summed E-state index contributed by atoms with van der Waals surface area (Å²) < 4.78 is 1.00. The normalized spacial score (nSPS) is 20.8. The number of nitrogens with zero attached hydrogens (tertiary/aromatic N) is 2. The predicted octanol–water partition coefficient (Wildman–Crippen LogP) is 4.90. The third-order valence-corrected chi connectivity index (χ3v) is 4.42. The van der Waals surface area contributed by atoms with Crippen LogP contribution in [0.25, 0.3) is 0 Å². The molecule has 0 saturated carbocycles. The second-order valence-corrected chi connectivity index (χ2v) is 6.32. The minimum atomic E-state index is 0.685. The van der Waals surface area contributed by atoms with Gasteiger partial charge in [-0.05, 0) is 47.2 Å². The van der Waals surface area contributed by atoms with Crippen molar-refractivity contribution in [1.29, 1.82) is 0 Å². The molecule has 1 unspecified atom stereocenters. The standard InChI is InChI=1S/C14H20BrClN2/c1-2-4-11-5-3-7-18(8-6-11)14-13(15)9-12(16)10-17-14/h9-11H,2-8H2,1H3. The molecule has 1 fully saturated rings. The first-order chi connectivity index (χ1) is 8.70. The molecular formula is C14H20BrClN2. The number of pyridine rings is 1. The Balaban J connectivity index is 2.05. The van der Waals surface area contributed by atoms with Crippen LogP contribution in [0.15, 0.2) is 16.7 Å². The van der Waals surface area contributed by atoms with E-state index in [0.29, 0.717) is 5.02 Å². The first-order valence-electron chi connectivity index (χ1n) is 6.76. The first kappa shape index (κ1) is 14.1. The van der Waals surface area contributed by atoms with E-state index >= 15 is 0 Å². The van der Waals surface area contributed by atoms with Crippen LogP contribution in [0.2, 0.25) is 5.02 Å². The molecule has 1 aromatic rings. The van der Waals surface area contributed by atoms with Crippen molar-refractivity contribution in [2.45, 2.75) is 39.0 Å². The largest absolute Gasteiger partial charge is 0.356 e. The Morgan fingerprint density at radius 2 is 2.28 bits per heavy atom. The summed E-state index contributed by atoms with van der Waals surface area (Å²) in [6.45, 7) is 4.49. The molecule has 1 saturated heterocycles.